The molecule has 8 N–H and O–H groups in total. The molecule has 66 heavy (non-hydrogen) atoms. The molecule has 0 bridgehead atoms. The van der Waals surface area contributed by atoms with Crippen molar-refractivity contribution < 1.29 is 39.7 Å². The van der Waals surface area contributed by atoms with E-state index < -0.39 is 36.1 Å². The Morgan fingerprint density at radius 1 is 0.985 bits per heavy atom. The average molecular weight is 918 g/mol. The van der Waals surface area contributed by atoms with Crippen LogP contribution in [0.25, 0.3) is 5.57 Å². The first-order valence-corrected chi connectivity index (χ1v) is 22.9. The standard InChI is InChI=1S/C45H55F2N11O5.C2H6.H2O.H2/c1-50-23-29(22-48)32-20-27-5-3-13-57(37(27)21-33(32)41(46)47)42(49)34-24-51-12-9-35(34)52-30-10-14-56(15-11-30)39(60)26-55-18-16-54(17-19-55)25-28-4-2-6-31-40(28)45(63)58(44(31)62)36-7-8-38(59)53-43(36)61;1-2;;/h2,4,6,20-23,30,36,41,49,51-52H,3,5,7-19,24-26,48H2,1H3,(H,53,59,61);1-2H3;1H2;1H/b29-22+,49-42?,50-23?;;;. The van der Waals surface area contributed by atoms with Crippen molar-refractivity contribution >= 4 is 52.8 Å². The molecule has 2 aromatic rings. The van der Waals surface area contributed by atoms with Crippen LogP contribution in [0.4, 0.5) is 14.5 Å². The molecule has 0 aliphatic carbocycles. The number of hydrogen-bond donors (Lipinski definition) is 5. The second-order valence-electron chi connectivity index (χ2n) is 17.0. The highest BCUT2D eigenvalue weighted by Gasteiger charge is 2.45. The third kappa shape index (κ3) is 10.4. The van der Waals surface area contributed by atoms with Gasteiger partial charge in [-0.2, -0.15) is 0 Å². The van der Waals surface area contributed by atoms with Gasteiger partial charge in [0.05, 0.1) is 17.7 Å². The molecule has 1 atom stereocenters. The van der Waals surface area contributed by atoms with Crippen molar-refractivity contribution in [1.29, 1.82) is 5.41 Å². The number of amidine groups is 1. The Hall–Kier alpha value is -5.89. The van der Waals surface area contributed by atoms with Gasteiger partial charge in [-0.25, -0.2) is 8.78 Å². The predicted molar refractivity (Wildman–Crippen MR) is 251 cm³/mol. The van der Waals surface area contributed by atoms with Gasteiger partial charge in [-0.05, 0) is 67.0 Å². The van der Waals surface area contributed by atoms with Crippen molar-refractivity contribution in [2.45, 2.75) is 83.8 Å². The number of piperazine rings is 1. The number of anilines is 1. The minimum Gasteiger partial charge on any atom is -0.412 e. The maximum atomic E-state index is 14.5. The van der Waals surface area contributed by atoms with Gasteiger partial charge in [0.15, 0.2) is 0 Å². The van der Waals surface area contributed by atoms with E-state index in [0.717, 1.165) is 47.5 Å². The fourth-order valence-corrected chi connectivity index (χ4v) is 9.76. The third-order valence-electron chi connectivity index (χ3n) is 13.1. The Kier molecular flexibility index (Phi) is 16.6. The summed E-state index contributed by atoms with van der Waals surface area (Å²) in [7, 11) is 1.57. The number of carbonyl (C=O) groups is 5. The summed E-state index contributed by atoms with van der Waals surface area (Å²) in [5.74, 6) is -1.72. The zero-order chi connectivity index (χ0) is 46.4. The zero-order valence-corrected chi connectivity index (χ0v) is 38.1. The number of likely N-dealkylation sites (tertiary alicyclic amines) is 1. The van der Waals surface area contributed by atoms with Gasteiger partial charge in [-0.3, -0.25) is 54.4 Å². The van der Waals surface area contributed by atoms with Crippen LogP contribution in [-0.4, -0.2) is 151 Å². The van der Waals surface area contributed by atoms with Gasteiger partial charge in [-0.15, -0.1) is 0 Å². The molecule has 6 heterocycles. The number of alkyl halides is 2. The minimum atomic E-state index is -2.74. The first-order chi connectivity index (χ1) is 31.4. The highest BCUT2D eigenvalue weighted by molar-refractivity contribution is 6.24. The SMILES string of the molecule is CC.CN=C/C(=C\N)c1cc2c(cc1C(F)F)N(C(=N)C1=C(NC3CCN(C(=O)CN4CCN(Cc5cccc6c5C(=O)N(C5CCC(=O)NC5=O)C6=O)CC4)CC3)CCNC1)CCC2.O.[HH]. The van der Waals surface area contributed by atoms with Gasteiger partial charge in [0, 0.05) is 133 Å². The zero-order valence-electron chi connectivity index (χ0n) is 38.1. The van der Waals surface area contributed by atoms with Crippen molar-refractivity contribution in [2.75, 3.05) is 77.4 Å². The molecule has 3 fully saturated rings. The molecule has 17 nitrogen and oxygen atoms in total. The number of fused-ring (bicyclic) bond motifs is 2. The molecule has 1 unspecified atom stereocenters. The van der Waals surface area contributed by atoms with Gasteiger partial charge in [0.1, 0.15) is 11.9 Å². The smallest absolute Gasteiger partial charge is 0.264 e. The molecule has 0 radical (unpaired) electrons. The van der Waals surface area contributed by atoms with Crippen molar-refractivity contribution in [1.82, 2.24) is 35.6 Å². The van der Waals surface area contributed by atoms with Gasteiger partial charge >= 0.3 is 0 Å². The topological polar surface area (TPSA) is 231 Å². The second kappa shape index (κ2) is 22.1. The molecule has 0 saturated carbocycles. The molecule has 0 aromatic heterocycles. The van der Waals surface area contributed by atoms with Crippen molar-refractivity contribution in [2.24, 2.45) is 10.7 Å². The maximum absolute atomic E-state index is 14.5. The number of nitrogens with two attached hydrogens (primary N) is 1. The van der Waals surface area contributed by atoms with Gasteiger partial charge in [0.25, 0.3) is 18.2 Å². The molecule has 5 amide bonds. The molecule has 6 aliphatic rings. The molecule has 358 valence electrons. The summed E-state index contributed by atoms with van der Waals surface area (Å²) in [5.41, 5.74) is 11.0. The van der Waals surface area contributed by atoms with Crippen LogP contribution >= 0.6 is 0 Å². The fraction of sp³-hybridized carbons (Fsp3) is 0.511. The highest BCUT2D eigenvalue weighted by atomic mass is 19.3. The second-order valence-corrected chi connectivity index (χ2v) is 17.0. The number of piperidine rings is 2. The number of aliphatic imine (C=N–C) groups is 1. The van der Waals surface area contributed by atoms with Gasteiger partial charge < -0.3 is 31.6 Å². The highest BCUT2D eigenvalue weighted by Crippen LogP contribution is 2.38. The lowest BCUT2D eigenvalue weighted by Crippen LogP contribution is -2.54. The van der Waals surface area contributed by atoms with E-state index in [2.05, 4.69) is 30.7 Å². The quantitative estimate of drug-likeness (QED) is 0.125. The van der Waals surface area contributed by atoms with Gasteiger partial charge in [-0.1, -0.05) is 26.0 Å². The summed E-state index contributed by atoms with van der Waals surface area (Å²) in [5, 5.41) is 18.7. The van der Waals surface area contributed by atoms with E-state index in [9.17, 15) is 38.2 Å². The van der Waals surface area contributed by atoms with E-state index >= 15 is 0 Å². The summed E-state index contributed by atoms with van der Waals surface area (Å²) in [6.45, 7) is 10.4. The largest absolute Gasteiger partial charge is 0.412 e. The molecule has 3 saturated heterocycles. The predicted octanol–water partition coefficient (Wildman–Crippen LogP) is 2.85. The van der Waals surface area contributed by atoms with Crippen LogP contribution in [0.15, 0.2) is 52.8 Å². The molecular weight excluding hydrogens is 853 g/mol. The number of rotatable bonds is 11. The molecule has 0 spiro atoms. The van der Waals surface area contributed by atoms with Crippen LogP contribution in [0, 0.1) is 5.41 Å². The summed E-state index contributed by atoms with van der Waals surface area (Å²) < 4.78 is 28.9. The van der Waals surface area contributed by atoms with Crippen molar-refractivity contribution in [3.63, 3.8) is 0 Å². The van der Waals surface area contributed by atoms with Crippen LogP contribution in [0.5, 0.6) is 0 Å². The lowest BCUT2D eigenvalue weighted by molar-refractivity contribution is -0.136. The van der Waals surface area contributed by atoms with Crippen molar-refractivity contribution in [3.8, 4) is 0 Å². The first-order valence-electron chi connectivity index (χ1n) is 22.9. The Morgan fingerprint density at radius 3 is 2.39 bits per heavy atom. The lowest BCUT2D eigenvalue weighted by Gasteiger charge is -2.38. The number of nitrogens with one attached hydrogen (secondary N) is 4. The van der Waals surface area contributed by atoms with E-state index in [1.54, 1.807) is 25.2 Å². The molecule has 6 aliphatic heterocycles. The maximum Gasteiger partial charge on any atom is 0.264 e. The van der Waals surface area contributed by atoms with Crippen LogP contribution in [-0.2, 0) is 27.3 Å². The minimum absolute atomic E-state index is 0. The van der Waals surface area contributed by atoms with E-state index in [-0.39, 0.29) is 42.8 Å². The summed E-state index contributed by atoms with van der Waals surface area (Å²) >= 11 is 0. The summed E-state index contributed by atoms with van der Waals surface area (Å²) in [4.78, 5) is 77.8. The summed E-state index contributed by atoms with van der Waals surface area (Å²) in [6.07, 6.45) is 3.88. The number of benzene rings is 2. The van der Waals surface area contributed by atoms with E-state index in [4.69, 9.17) is 5.73 Å². The Morgan fingerprint density at radius 2 is 1.71 bits per heavy atom. The monoisotopic (exact) mass is 918 g/mol. The van der Waals surface area contributed by atoms with Crippen LogP contribution < -0.4 is 26.6 Å². The number of imide groups is 2. The summed E-state index contributed by atoms with van der Waals surface area (Å²) in [6, 6.07) is 7.56. The molecular formula is C47H65F2N11O6. The van der Waals surface area contributed by atoms with Gasteiger partial charge in [0.2, 0.25) is 17.7 Å². The van der Waals surface area contributed by atoms with E-state index in [0.29, 0.717) is 112 Å². The number of aryl methyl sites for hydroxylation is 1. The number of halogens is 2. The van der Waals surface area contributed by atoms with E-state index in [1.807, 2.05) is 29.7 Å². The average Bonchev–Trinajstić information content (AvgIpc) is 3.57. The Labute approximate surface area is 385 Å². The molecule has 2 aromatic carbocycles. The Bertz CT molecular complexity index is 2290. The normalized spacial score (nSPS) is 21.1. The van der Waals surface area contributed by atoms with E-state index in [1.165, 1.54) is 18.5 Å². The number of nitrogens with zero attached hydrogens (tertiary/aromatic N) is 6. The molecule has 8 rings (SSSR count). The fourth-order valence-electron chi connectivity index (χ4n) is 9.76. The number of hydrogen-bond acceptors (Lipinski definition) is 12. The number of amides is 5. The van der Waals surface area contributed by atoms with Crippen LogP contribution in [0.3, 0.4) is 0 Å². The Balaban J connectivity index is 0.00000207. The third-order valence-corrected chi connectivity index (χ3v) is 13.1. The van der Waals surface area contributed by atoms with Crippen LogP contribution in [0.2, 0.25) is 0 Å². The number of carbonyl (C=O) groups excluding carboxylic acids is 5. The van der Waals surface area contributed by atoms with Crippen molar-refractivity contribution in [3.05, 3.63) is 81.2 Å². The van der Waals surface area contributed by atoms with Crippen LogP contribution in [0.1, 0.15) is 103 Å². The number of allylic oxidation sites excluding steroid dienone is 1. The first kappa shape index (κ1) is 49.5. The molecule has 19 heteroatoms. The lowest BCUT2D eigenvalue weighted by atomic mass is 9.91.